The molecule has 0 aromatic carbocycles. The summed E-state index contributed by atoms with van der Waals surface area (Å²) in [5.41, 5.74) is 6.10. The van der Waals surface area contributed by atoms with Crippen molar-refractivity contribution in [3.05, 3.63) is 20.8 Å². The Bertz CT molecular complexity index is 916. The average Bonchev–Trinajstić information content (AvgIpc) is 3.08. The molecule has 3 rings (SSSR count). The summed E-state index contributed by atoms with van der Waals surface area (Å²) in [6.45, 7) is 3.74. The lowest BCUT2D eigenvalue weighted by Gasteiger charge is -2.19. The van der Waals surface area contributed by atoms with Crippen LogP contribution in [0, 0.1) is 5.92 Å². The summed E-state index contributed by atoms with van der Waals surface area (Å²) in [6.07, 6.45) is 3.01. The smallest absolute Gasteiger partial charge is 0.318 e. The highest BCUT2D eigenvalue weighted by Crippen LogP contribution is 2.36. The highest BCUT2D eigenvalue weighted by molar-refractivity contribution is 8.00. The number of hydrogen-bond donors (Lipinski definition) is 2. The third kappa shape index (κ3) is 3.30. The molecule has 3 amide bonds. The Balaban J connectivity index is 2.00. The number of rotatable bonds is 4. The minimum absolute atomic E-state index is 0.0645. The molecular weight excluding hydrogens is 360 g/mol. The number of imide groups is 1. The average molecular weight is 380 g/mol. The second kappa shape index (κ2) is 6.80. The number of primary amides is 1. The highest BCUT2D eigenvalue weighted by Gasteiger charge is 2.28. The van der Waals surface area contributed by atoms with E-state index in [2.05, 4.69) is 10.3 Å². The van der Waals surface area contributed by atoms with E-state index < -0.39 is 17.2 Å². The van der Waals surface area contributed by atoms with Gasteiger partial charge in [0.05, 0.1) is 10.6 Å². The molecule has 1 aliphatic carbocycles. The molecule has 134 valence electrons. The number of nitrogens with zero attached hydrogens (tertiary/aromatic N) is 2. The summed E-state index contributed by atoms with van der Waals surface area (Å²) >= 11 is 2.75. The van der Waals surface area contributed by atoms with Crippen LogP contribution < -0.4 is 16.6 Å². The molecule has 0 spiro atoms. The monoisotopic (exact) mass is 380 g/mol. The fraction of sp³-hybridized carbons (Fsp3) is 0.500. The fourth-order valence-corrected chi connectivity index (χ4v) is 5.37. The third-order valence-electron chi connectivity index (χ3n) is 4.25. The number of thioether (sulfide) groups is 1. The van der Waals surface area contributed by atoms with Crippen LogP contribution in [0.5, 0.6) is 0 Å². The Labute approximate surface area is 153 Å². The SMILES string of the molecule is CC(C)[C@@H](Sc1nc2sc3c(c2c(=O)n1C)CCC3)C(=O)NC(N)=O. The molecule has 0 fully saturated rings. The molecule has 0 saturated heterocycles. The van der Waals surface area contributed by atoms with E-state index in [1.165, 1.54) is 21.2 Å². The van der Waals surface area contributed by atoms with Crippen molar-refractivity contribution in [2.45, 2.75) is 43.5 Å². The van der Waals surface area contributed by atoms with Crippen LogP contribution in [0.2, 0.25) is 0 Å². The number of fused-ring (bicyclic) bond motifs is 3. The molecule has 25 heavy (non-hydrogen) atoms. The minimum atomic E-state index is -0.886. The lowest BCUT2D eigenvalue weighted by molar-refractivity contribution is -0.120. The second-order valence-corrected chi connectivity index (χ2v) is 8.62. The number of aromatic nitrogens is 2. The molecule has 2 aromatic rings. The summed E-state index contributed by atoms with van der Waals surface area (Å²) in [5, 5.41) is 2.72. The molecule has 0 radical (unpaired) electrons. The van der Waals surface area contributed by atoms with E-state index in [9.17, 15) is 14.4 Å². The van der Waals surface area contributed by atoms with E-state index in [4.69, 9.17) is 5.73 Å². The Kier molecular flexibility index (Phi) is 4.88. The van der Waals surface area contributed by atoms with Crippen molar-refractivity contribution in [1.29, 1.82) is 0 Å². The molecule has 0 saturated carbocycles. The molecule has 0 unspecified atom stereocenters. The van der Waals surface area contributed by atoms with Gasteiger partial charge in [0.25, 0.3) is 5.56 Å². The molecule has 1 aliphatic rings. The Morgan fingerprint density at radius 3 is 2.72 bits per heavy atom. The van der Waals surface area contributed by atoms with Crippen LogP contribution in [0.25, 0.3) is 10.2 Å². The number of amides is 3. The largest absolute Gasteiger partial charge is 0.351 e. The zero-order valence-electron chi connectivity index (χ0n) is 14.3. The number of urea groups is 1. The van der Waals surface area contributed by atoms with Crippen LogP contribution in [0.4, 0.5) is 4.79 Å². The maximum absolute atomic E-state index is 12.8. The maximum Gasteiger partial charge on any atom is 0.318 e. The quantitative estimate of drug-likeness (QED) is 0.621. The molecule has 1 atom stereocenters. The van der Waals surface area contributed by atoms with Crippen LogP contribution in [0.3, 0.4) is 0 Å². The number of carbonyl (C=O) groups excluding carboxylic acids is 2. The van der Waals surface area contributed by atoms with Gasteiger partial charge in [-0.05, 0) is 30.7 Å². The number of thiophene rings is 1. The first kappa shape index (κ1) is 17.9. The number of nitrogens with two attached hydrogens (primary N) is 1. The van der Waals surface area contributed by atoms with Gasteiger partial charge in [-0.15, -0.1) is 11.3 Å². The third-order valence-corrected chi connectivity index (χ3v) is 7.02. The van der Waals surface area contributed by atoms with Gasteiger partial charge >= 0.3 is 6.03 Å². The van der Waals surface area contributed by atoms with E-state index in [0.29, 0.717) is 10.5 Å². The Morgan fingerprint density at radius 1 is 1.36 bits per heavy atom. The fourth-order valence-electron chi connectivity index (χ4n) is 3.01. The van der Waals surface area contributed by atoms with Crippen molar-refractivity contribution in [2.75, 3.05) is 0 Å². The lowest BCUT2D eigenvalue weighted by atomic mass is 10.1. The highest BCUT2D eigenvalue weighted by atomic mass is 32.2. The van der Waals surface area contributed by atoms with Crippen LogP contribution >= 0.6 is 23.1 Å². The van der Waals surface area contributed by atoms with Crippen molar-refractivity contribution in [3.8, 4) is 0 Å². The molecule has 9 heteroatoms. The molecular formula is C16H20N4O3S2. The van der Waals surface area contributed by atoms with Gasteiger partial charge < -0.3 is 5.73 Å². The van der Waals surface area contributed by atoms with Crippen LogP contribution in [0.1, 0.15) is 30.7 Å². The van der Waals surface area contributed by atoms with Crippen molar-refractivity contribution >= 4 is 45.3 Å². The van der Waals surface area contributed by atoms with Crippen LogP contribution in [0.15, 0.2) is 9.95 Å². The second-order valence-electron chi connectivity index (χ2n) is 6.43. The number of aryl methyl sites for hydroxylation is 2. The van der Waals surface area contributed by atoms with Gasteiger partial charge in [0.15, 0.2) is 5.16 Å². The zero-order valence-corrected chi connectivity index (χ0v) is 15.9. The van der Waals surface area contributed by atoms with Crippen LogP contribution in [-0.2, 0) is 24.7 Å². The lowest BCUT2D eigenvalue weighted by Crippen LogP contribution is -2.42. The van der Waals surface area contributed by atoms with Crippen molar-refractivity contribution in [2.24, 2.45) is 18.7 Å². The summed E-state index contributed by atoms with van der Waals surface area (Å²) < 4.78 is 1.49. The number of carbonyl (C=O) groups is 2. The van der Waals surface area contributed by atoms with E-state index in [-0.39, 0.29) is 11.5 Å². The summed E-state index contributed by atoms with van der Waals surface area (Å²) in [6, 6.07) is -0.886. The normalized spacial score (nSPS) is 14.7. The molecule has 3 N–H and O–H groups in total. The van der Waals surface area contributed by atoms with Gasteiger partial charge in [-0.2, -0.15) is 0 Å². The Hall–Kier alpha value is -1.87. The first-order chi connectivity index (χ1) is 11.8. The van der Waals surface area contributed by atoms with Gasteiger partial charge in [0.1, 0.15) is 4.83 Å². The van der Waals surface area contributed by atoms with Gasteiger partial charge in [-0.1, -0.05) is 25.6 Å². The predicted octanol–water partition coefficient (Wildman–Crippen LogP) is 1.80. The van der Waals surface area contributed by atoms with E-state index in [1.54, 1.807) is 18.4 Å². The molecule has 0 aliphatic heterocycles. The van der Waals surface area contributed by atoms with Crippen molar-refractivity contribution in [1.82, 2.24) is 14.9 Å². The van der Waals surface area contributed by atoms with E-state index in [1.807, 2.05) is 13.8 Å². The van der Waals surface area contributed by atoms with E-state index >= 15 is 0 Å². The summed E-state index contributed by atoms with van der Waals surface area (Å²) in [4.78, 5) is 42.6. The predicted molar refractivity (Wildman–Crippen MR) is 99.1 cm³/mol. The zero-order chi connectivity index (χ0) is 18.3. The first-order valence-corrected chi connectivity index (χ1v) is 9.77. The van der Waals surface area contributed by atoms with Gasteiger partial charge in [-0.25, -0.2) is 9.78 Å². The van der Waals surface area contributed by atoms with Crippen molar-refractivity contribution < 1.29 is 9.59 Å². The Morgan fingerprint density at radius 2 is 2.08 bits per heavy atom. The minimum Gasteiger partial charge on any atom is -0.351 e. The number of nitrogens with one attached hydrogen (secondary N) is 1. The topological polar surface area (TPSA) is 107 Å². The van der Waals surface area contributed by atoms with Gasteiger partial charge in [0, 0.05) is 11.9 Å². The van der Waals surface area contributed by atoms with E-state index in [0.717, 1.165) is 29.7 Å². The summed E-state index contributed by atoms with van der Waals surface area (Å²) in [7, 11) is 1.67. The van der Waals surface area contributed by atoms with Gasteiger partial charge in [0.2, 0.25) is 5.91 Å². The molecule has 0 bridgehead atoms. The standard InChI is InChI=1S/C16H20N4O3S2/c1-7(2)11(12(21)18-15(17)23)25-16-19-13-10(14(22)20(16)3)8-5-4-6-9(8)24-13/h7,11H,4-6H2,1-3H3,(H3,17,18,21,23)/t11-/m1/s1. The number of hydrogen-bond acceptors (Lipinski definition) is 6. The van der Waals surface area contributed by atoms with Crippen LogP contribution in [-0.4, -0.2) is 26.7 Å². The van der Waals surface area contributed by atoms with Gasteiger partial charge in [-0.3, -0.25) is 19.5 Å². The molecule has 2 aromatic heterocycles. The molecule has 7 nitrogen and oxygen atoms in total. The first-order valence-electron chi connectivity index (χ1n) is 8.07. The maximum atomic E-state index is 12.8. The van der Waals surface area contributed by atoms with Crippen molar-refractivity contribution in [3.63, 3.8) is 0 Å². The molecule has 2 heterocycles. The summed E-state index contributed by atoms with van der Waals surface area (Å²) in [5.74, 6) is -0.541.